The minimum atomic E-state index is 0.114. The lowest BCUT2D eigenvalue weighted by atomic mass is 10.1. The van der Waals surface area contributed by atoms with Crippen LogP contribution in [0.5, 0.6) is 0 Å². The first-order chi connectivity index (χ1) is 5.78. The van der Waals surface area contributed by atoms with E-state index in [1.807, 2.05) is 6.92 Å². The van der Waals surface area contributed by atoms with Crippen molar-refractivity contribution in [1.29, 1.82) is 5.26 Å². The van der Waals surface area contributed by atoms with E-state index in [9.17, 15) is 0 Å². The quantitative estimate of drug-likeness (QED) is 0.627. The third kappa shape index (κ3) is 4.01. The standard InChI is InChI=1S/C10H16N2/c1-4-9(5-2)12-10(6-3)7-8-11/h1,9-10,12H,5-7H2,2-3H3. The summed E-state index contributed by atoms with van der Waals surface area (Å²) in [6, 6.07) is 2.50. The highest BCUT2D eigenvalue weighted by atomic mass is 14.9. The van der Waals surface area contributed by atoms with Crippen LogP contribution >= 0.6 is 0 Å². The van der Waals surface area contributed by atoms with Crippen LogP contribution in [0.4, 0.5) is 0 Å². The van der Waals surface area contributed by atoms with Crippen molar-refractivity contribution in [3.63, 3.8) is 0 Å². The Morgan fingerprint density at radius 1 is 1.42 bits per heavy atom. The summed E-state index contributed by atoms with van der Waals surface area (Å²) in [5, 5.41) is 11.7. The molecule has 2 unspecified atom stereocenters. The van der Waals surface area contributed by atoms with Gasteiger partial charge in [0, 0.05) is 6.04 Å². The van der Waals surface area contributed by atoms with E-state index in [-0.39, 0.29) is 12.1 Å². The molecule has 12 heavy (non-hydrogen) atoms. The van der Waals surface area contributed by atoms with Gasteiger partial charge in [0.25, 0.3) is 0 Å². The van der Waals surface area contributed by atoms with Gasteiger partial charge in [-0.05, 0) is 12.8 Å². The van der Waals surface area contributed by atoms with E-state index in [1.165, 1.54) is 0 Å². The Hall–Kier alpha value is -0.990. The highest BCUT2D eigenvalue weighted by molar-refractivity contribution is 4.99. The number of nitriles is 1. The van der Waals surface area contributed by atoms with Crippen LogP contribution in [0, 0.1) is 23.7 Å². The molecule has 0 aliphatic rings. The molecule has 0 aliphatic carbocycles. The lowest BCUT2D eigenvalue weighted by Crippen LogP contribution is -2.36. The molecule has 0 saturated carbocycles. The number of rotatable bonds is 5. The zero-order valence-corrected chi connectivity index (χ0v) is 7.80. The van der Waals surface area contributed by atoms with Crippen molar-refractivity contribution < 1.29 is 0 Å². The van der Waals surface area contributed by atoms with Gasteiger partial charge in [0.2, 0.25) is 0 Å². The van der Waals surface area contributed by atoms with Crippen LogP contribution < -0.4 is 5.32 Å². The van der Waals surface area contributed by atoms with Crippen molar-refractivity contribution in [3.05, 3.63) is 0 Å². The highest BCUT2D eigenvalue weighted by Gasteiger charge is 2.09. The normalized spacial score (nSPS) is 14.3. The maximum atomic E-state index is 8.48. The van der Waals surface area contributed by atoms with E-state index in [4.69, 9.17) is 11.7 Å². The summed E-state index contributed by atoms with van der Waals surface area (Å²) in [7, 11) is 0. The molecule has 0 heterocycles. The van der Waals surface area contributed by atoms with E-state index >= 15 is 0 Å². The number of terminal acetylenes is 1. The molecule has 0 fully saturated rings. The maximum Gasteiger partial charge on any atom is 0.0686 e. The monoisotopic (exact) mass is 164 g/mol. The summed E-state index contributed by atoms with van der Waals surface area (Å²) < 4.78 is 0. The van der Waals surface area contributed by atoms with Gasteiger partial charge in [-0.15, -0.1) is 6.42 Å². The van der Waals surface area contributed by atoms with Crippen molar-refractivity contribution in [2.45, 2.75) is 45.2 Å². The van der Waals surface area contributed by atoms with Crippen molar-refractivity contribution in [3.8, 4) is 18.4 Å². The Bertz CT molecular complexity index is 185. The van der Waals surface area contributed by atoms with Gasteiger partial charge in [-0.1, -0.05) is 19.8 Å². The predicted octanol–water partition coefficient (Wildman–Crippen LogP) is 1.68. The van der Waals surface area contributed by atoms with Crippen LogP contribution in [0.25, 0.3) is 0 Å². The van der Waals surface area contributed by atoms with Crippen molar-refractivity contribution >= 4 is 0 Å². The van der Waals surface area contributed by atoms with Gasteiger partial charge in [0.15, 0.2) is 0 Å². The zero-order chi connectivity index (χ0) is 9.40. The molecular weight excluding hydrogens is 148 g/mol. The average Bonchev–Trinajstić information content (AvgIpc) is 2.12. The second kappa shape index (κ2) is 6.70. The fraction of sp³-hybridized carbons (Fsp3) is 0.700. The van der Waals surface area contributed by atoms with Gasteiger partial charge >= 0.3 is 0 Å². The number of nitrogens with zero attached hydrogens (tertiary/aromatic N) is 1. The van der Waals surface area contributed by atoms with Crippen LogP contribution in [0.2, 0.25) is 0 Å². The Labute approximate surface area is 75.0 Å². The van der Waals surface area contributed by atoms with Crippen LogP contribution in [0.3, 0.4) is 0 Å². The first-order valence-corrected chi connectivity index (χ1v) is 4.37. The molecule has 0 rings (SSSR count). The molecule has 0 saturated heterocycles. The second-order valence-electron chi connectivity index (χ2n) is 2.76. The molecule has 2 atom stereocenters. The molecule has 1 N–H and O–H groups in total. The van der Waals surface area contributed by atoms with E-state index in [0.29, 0.717) is 6.42 Å². The summed E-state index contributed by atoms with van der Waals surface area (Å²) in [5.74, 6) is 2.65. The fourth-order valence-electron chi connectivity index (χ4n) is 1.000. The van der Waals surface area contributed by atoms with E-state index in [0.717, 1.165) is 12.8 Å². The largest absolute Gasteiger partial charge is 0.300 e. The summed E-state index contributed by atoms with van der Waals surface area (Å²) in [6.07, 6.45) is 7.69. The predicted molar refractivity (Wildman–Crippen MR) is 50.4 cm³/mol. The molecule has 0 radical (unpaired) electrons. The fourth-order valence-corrected chi connectivity index (χ4v) is 1.000. The van der Waals surface area contributed by atoms with Gasteiger partial charge in [-0.2, -0.15) is 5.26 Å². The van der Waals surface area contributed by atoms with Gasteiger partial charge in [0.1, 0.15) is 0 Å². The van der Waals surface area contributed by atoms with Gasteiger partial charge < -0.3 is 0 Å². The SMILES string of the molecule is C#CC(CC)NC(CC)CC#N. The van der Waals surface area contributed by atoms with E-state index in [2.05, 4.69) is 24.2 Å². The summed E-state index contributed by atoms with van der Waals surface area (Å²) in [4.78, 5) is 0. The minimum Gasteiger partial charge on any atom is -0.300 e. The molecule has 66 valence electrons. The van der Waals surface area contributed by atoms with Gasteiger partial charge in [0.05, 0.1) is 18.5 Å². The molecule has 0 amide bonds. The van der Waals surface area contributed by atoms with Crippen LogP contribution in [-0.4, -0.2) is 12.1 Å². The first-order valence-electron chi connectivity index (χ1n) is 4.37. The van der Waals surface area contributed by atoms with Crippen LogP contribution in [0.15, 0.2) is 0 Å². The third-order valence-electron chi connectivity index (χ3n) is 1.88. The topological polar surface area (TPSA) is 35.8 Å². The average molecular weight is 164 g/mol. The highest BCUT2D eigenvalue weighted by Crippen LogP contribution is 1.99. The minimum absolute atomic E-state index is 0.114. The van der Waals surface area contributed by atoms with Crippen molar-refractivity contribution in [2.24, 2.45) is 0 Å². The molecule has 2 nitrogen and oxygen atoms in total. The Morgan fingerprint density at radius 2 is 2.08 bits per heavy atom. The lowest BCUT2D eigenvalue weighted by Gasteiger charge is -2.17. The van der Waals surface area contributed by atoms with Crippen molar-refractivity contribution in [1.82, 2.24) is 5.32 Å². The molecular formula is C10H16N2. The molecule has 0 spiro atoms. The Kier molecular flexibility index (Phi) is 6.15. The first kappa shape index (κ1) is 11.0. The van der Waals surface area contributed by atoms with Crippen LogP contribution in [0.1, 0.15) is 33.1 Å². The maximum absolute atomic E-state index is 8.48. The molecule has 2 heteroatoms. The van der Waals surface area contributed by atoms with Gasteiger partial charge in [-0.3, -0.25) is 5.32 Å². The van der Waals surface area contributed by atoms with Crippen molar-refractivity contribution in [2.75, 3.05) is 0 Å². The van der Waals surface area contributed by atoms with Gasteiger partial charge in [-0.25, -0.2) is 0 Å². The van der Waals surface area contributed by atoms with Crippen LogP contribution in [-0.2, 0) is 0 Å². The zero-order valence-electron chi connectivity index (χ0n) is 7.80. The molecule has 0 bridgehead atoms. The number of hydrogen-bond donors (Lipinski definition) is 1. The number of hydrogen-bond acceptors (Lipinski definition) is 2. The van der Waals surface area contributed by atoms with E-state index in [1.54, 1.807) is 0 Å². The Morgan fingerprint density at radius 3 is 2.42 bits per heavy atom. The molecule has 0 aromatic carbocycles. The summed E-state index contributed by atoms with van der Waals surface area (Å²) in [6.45, 7) is 4.09. The van der Waals surface area contributed by atoms with E-state index < -0.39 is 0 Å². The summed E-state index contributed by atoms with van der Waals surface area (Å²) >= 11 is 0. The smallest absolute Gasteiger partial charge is 0.0686 e. The number of nitrogens with one attached hydrogen (secondary N) is 1. The molecule has 0 aromatic heterocycles. The Balaban J connectivity index is 3.86. The molecule has 0 aromatic rings. The summed E-state index contributed by atoms with van der Waals surface area (Å²) in [5.41, 5.74) is 0. The second-order valence-corrected chi connectivity index (χ2v) is 2.76. The molecule has 0 aliphatic heterocycles. The lowest BCUT2D eigenvalue weighted by molar-refractivity contribution is 0.463. The third-order valence-corrected chi connectivity index (χ3v) is 1.88.